The molecule has 28 heavy (non-hydrogen) atoms. The minimum atomic E-state index is -0.0884. The standard InChI is InChI=1S/C21H35N3O3.HI/c1-4-22-20(24-17-21(3)10-7-11-27-21)23-15-18-8-6-9-19(14-18)16-26-13-12-25-5-2;/h6,8-9,14H,4-5,7,10-13,15-17H2,1-3H3,(H2,22,23,24);1H. The van der Waals surface area contributed by atoms with Crippen LogP contribution in [0.3, 0.4) is 0 Å². The quantitative estimate of drug-likeness (QED) is 0.209. The van der Waals surface area contributed by atoms with Crippen LogP contribution in [-0.4, -0.2) is 51.1 Å². The molecule has 0 amide bonds. The molecule has 0 aliphatic carbocycles. The Balaban J connectivity index is 0.00000392. The van der Waals surface area contributed by atoms with E-state index in [1.165, 1.54) is 5.56 Å². The van der Waals surface area contributed by atoms with E-state index in [1.807, 2.05) is 6.92 Å². The first-order valence-corrected chi connectivity index (χ1v) is 10.0. The SMILES string of the molecule is CCNC(=NCc1cccc(COCCOCC)c1)NCC1(C)CCCO1.I. The molecule has 1 fully saturated rings. The molecular formula is C21H36IN3O3. The Bertz CT molecular complexity index is 578. The summed E-state index contributed by atoms with van der Waals surface area (Å²) in [5, 5.41) is 6.72. The van der Waals surface area contributed by atoms with Gasteiger partial charge in [-0.1, -0.05) is 24.3 Å². The van der Waals surface area contributed by atoms with Crippen LogP contribution < -0.4 is 10.6 Å². The molecule has 0 spiro atoms. The van der Waals surface area contributed by atoms with E-state index in [9.17, 15) is 0 Å². The lowest BCUT2D eigenvalue weighted by molar-refractivity contribution is 0.0243. The van der Waals surface area contributed by atoms with E-state index in [4.69, 9.17) is 19.2 Å². The number of benzene rings is 1. The third kappa shape index (κ3) is 9.54. The van der Waals surface area contributed by atoms with Crippen molar-refractivity contribution >= 4 is 29.9 Å². The summed E-state index contributed by atoms with van der Waals surface area (Å²) in [5.74, 6) is 0.826. The molecule has 1 unspecified atom stereocenters. The van der Waals surface area contributed by atoms with E-state index in [0.717, 1.165) is 50.7 Å². The van der Waals surface area contributed by atoms with Crippen molar-refractivity contribution in [2.45, 2.75) is 52.4 Å². The van der Waals surface area contributed by atoms with Gasteiger partial charge in [-0.25, -0.2) is 4.99 Å². The average Bonchev–Trinajstić information content (AvgIpc) is 3.11. The first kappa shape index (κ1) is 25.1. The van der Waals surface area contributed by atoms with Gasteiger partial charge in [0.1, 0.15) is 0 Å². The number of aliphatic imine (C=N–C) groups is 1. The van der Waals surface area contributed by atoms with Crippen molar-refractivity contribution < 1.29 is 14.2 Å². The number of nitrogens with one attached hydrogen (secondary N) is 2. The highest BCUT2D eigenvalue weighted by Gasteiger charge is 2.29. The van der Waals surface area contributed by atoms with E-state index in [0.29, 0.717) is 26.4 Å². The molecule has 2 rings (SSSR count). The summed E-state index contributed by atoms with van der Waals surface area (Å²) >= 11 is 0. The summed E-state index contributed by atoms with van der Waals surface area (Å²) in [4.78, 5) is 4.72. The van der Waals surface area contributed by atoms with Gasteiger partial charge in [0.2, 0.25) is 0 Å². The fraction of sp³-hybridized carbons (Fsp3) is 0.667. The molecule has 0 bridgehead atoms. The van der Waals surface area contributed by atoms with Gasteiger partial charge in [-0.15, -0.1) is 24.0 Å². The molecule has 7 heteroatoms. The van der Waals surface area contributed by atoms with Gasteiger partial charge in [0, 0.05) is 26.3 Å². The smallest absolute Gasteiger partial charge is 0.191 e. The Morgan fingerprint density at radius 1 is 1.18 bits per heavy atom. The van der Waals surface area contributed by atoms with Crippen LogP contribution in [0, 0.1) is 0 Å². The molecule has 1 heterocycles. The summed E-state index contributed by atoms with van der Waals surface area (Å²) < 4.78 is 16.8. The normalized spacial score (nSPS) is 19.3. The molecule has 2 N–H and O–H groups in total. The summed E-state index contributed by atoms with van der Waals surface area (Å²) in [5.41, 5.74) is 2.24. The lowest BCUT2D eigenvalue weighted by Crippen LogP contribution is -2.45. The maximum atomic E-state index is 5.84. The molecular weight excluding hydrogens is 469 g/mol. The second kappa shape index (κ2) is 14.1. The fourth-order valence-electron chi connectivity index (χ4n) is 3.03. The van der Waals surface area contributed by atoms with Crippen LogP contribution in [0.2, 0.25) is 0 Å². The number of guanidine groups is 1. The molecule has 0 aromatic heterocycles. The van der Waals surface area contributed by atoms with Gasteiger partial charge in [-0.3, -0.25) is 0 Å². The van der Waals surface area contributed by atoms with Crippen LogP contribution in [-0.2, 0) is 27.4 Å². The topological polar surface area (TPSA) is 64.1 Å². The number of halogens is 1. The molecule has 160 valence electrons. The number of hydrogen-bond acceptors (Lipinski definition) is 4. The molecule has 1 saturated heterocycles. The van der Waals surface area contributed by atoms with Gasteiger partial charge in [0.05, 0.1) is 32.0 Å². The highest BCUT2D eigenvalue weighted by atomic mass is 127. The van der Waals surface area contributed by atoms with Crippen LogP contribution in [0.25, 0.3) is 0 Å². The Hall–Kier alpha value is -0.900. The second-order valence-corrected chi connectivity index (χ2v) is 7.02. The molecule has 1 aliphatic heterocycles. The molecule has 1 aromatic rings. The molecule has 0 saturated carbocycles. The third-order valence-electron chi connectivity index (χ3n) is 4.53. The van der Waals surface area contributed by atoms with E-state index in [1.54, 1.807) is 0 Å². The third-order valence-corrected chi connectivity index (χ3v) is 4.53. The van der Waals surface area contributed by atoms with Gasteiger partial charge < -0.3 is 24.8 Å². The van der Waals surface area contributed by atoms with Crippen LogP contribution in [0.5, 0.6) is 0 Å². The van der Waals surface area contributed by atoms with Crippen LogP contribution in [0.4, 0.5) is 0 Å². The predicted octanol–water partition coefficient (Wildman–Crippen LogP) is 3.48. The van der Waals surface area contributed by atoms with Gasteiger partial charge in [0.25, 0.3) is 0 Å². The van der Waals surface area contributed by atoms with Crippen LogP contribution in [0.15, 0.2) is 29.3 Å². The highest BCUT2D eigenvalue weighted by Crippen LogP contribution is 2.23. The Labute approximate surface area is 186 Å². The van der Waals surface area contributed by atoms with Gasteiger partial charge >= 0.3 is 0 Å². The summed E-state index contributed by atoms with van der Waals surface area (Å²) in [7, 11) is 0. The lowest BCUT2D eigenvalue weighted by atomic mass is 10.0. The van der Waals surface area contributed by atoms with Crippen molar-refractivity contribution in [3.8, 4) is 0 Å². The number of rotatable bonds is 11. The van der Waals surface area contributed by atoms with Gasteiger partial charge in [-0.05, 0) is 44.7 Å². The number of nitrogens with zero attached hydrogens (tertiary/aromatic N) is 1. The van der Waals surface area contributed by atoms with Crippen LogP contribution in [0.1, 0.15) is 44.7 Å². The lowest BCUT2D eigenvalue weighted by Gasteiger charge is -2.24. The van der Waals surface area contributed by atoms with Crippen molar-refractivity contribution in [1.29, 1.82) is 0 Å². The van der Waals surface area contributed by atoms with Crippen LogP contribution >= 0.6 is 24.0 Å². The number of hydrogen-bond donors (Lipinski definition) is 2. The highest BCUT2D eigenvalue weighted by molar-refractivity contribution is 14.0. The van der Waals surface area contributed by atoms with Crippen molar-refractivity contribution in [3.05, 3.63) is 35.4 Å². The largest absolute Gasteiger partial charge is 0.379 e. The fourth-order valence-corrected chi connectivity index (χ4v) is 3.03. The predicted molar refractivity (Wildman–Crippen MR) is 124 cm³/mol. The van der Waals surface area contributed by atoms with Crippen molar-refractivity contribution in [1.82, 2.24) is 10.6 Å². The molecule has 6 nitrogen and oxygen atoms in total. The van der Waals surface area contributed by atoms with Crippen molar-refractivity contribution in [2.75, 3.05) is 39.5 Å². The molecule has 1 aromatic carbocycles. The zero-order valence-corrected chi connectivity index (χ0v) is 19.8. The Morgan fingerprint density at radius 2 is 1.96 bits per heavy atom. The second-order valence-electron chi connectivity index (χ2n) is 7.02. The Morgan fingerprint density at radius 3 is 2.68 bits per heavy atom. The van der Waals surface area contributed by atoms with Crippen molar-refractivity contribution in [2.24, 2.45) is 4.99 Å². The maximum Gasteiger partial charge on any atom is 0.191 e. The summed E-state index contributed by atoms with van der Waals surface area (Å²) in [6.07, 6.45) is 2.22. The minimum Gasteiger partial charge on any atom is -0.379 e. The first-order valence-electron chi connectivity index (χ1n) is 10.0. The van der Waals surface area contributed by atoms with Crippen molar-refractivity contribution in [3.63, 3.8) is 0 Å². The summed E-state index contributed by atoms with van der Waals surface area (Å²) in [6.45, 7) is 11.9. The Kier molecular flexibility index (Phi) is 12.7. The molecule has 1 atom stereocenters. The first-order chi connectivity index (χ1) is 13.1. The maximum absolute atomic E-state index is 5.84. The zero-order chi connectivity index (χ0) is 19.4. The summed E-state index contributed by atoms with van der Waals surface area (Å²) in [6, 6.07) is 8.38. The monoisotopic (exact) mass is 505 g/mol. The van der Waals surface area contributed by atoms with E-state index < -0.39 is 0 Å². The minimum absolute atomic E-state index is 0. The van der Waals surface area contributed by atoms with Gasteiger partial charge in [-0.2, -0.15) is 0 Å². The molecule has 1 aliphatic rings. The zero-order valence-electron chi connectivity index (χ0n) is 17.5. The van der Waals surface area contributed by atoms with E-state index in [2.05, 4.69) is 48.7 Å². The average molecular weight is 505 g/mol. The van der Waals surface area contributed by atoms with Gasteiger partial charge in [0.15, 0.2) is 5.96 Å². The molecule has 0 radical (unpaired) electrons. The number of ether oxygens (including phenoxy) is 3. The van der Waals surface area contributed by atoms with E-state index in [-0.39, 0.29) is 29.6 Å². The van der Waals surface area contributed by atoms with E-state index >= 15 is 0 Å².